The van der Waals surface area contributed by atoms with Gasteiger partial charge in [-0.25, -0.2) is 0 Å². The fourth-order valence-corrected chi connectivity index (χ4v) is 2.98. The molecular weight excluding hydrogens is 252 g/mol. The largest absolute Gasteiger partial charge is 0.366 e. The van der Waals surface area contributed by atoms with E-state index < -0.39 is 0 Å². The lowest BCUT2D eigenvalue weighted by atomic mass is 9.87. The maximum absolute atomic E-state index is 12.6. The average molecular weight is 262 g/mol. The minimum absolute atomic E-state index is 0.0543. The van der Waals surface area contributed by atoms with Crippen LogP contribution in [-0.2, 0) is 0 Å². The highest BCUT2D eigenvalue weighted by Gasteiger charge is 2.32. The van der Waals surface area contributed by atoms with E-state index in [0.717, 1.165) is 35.2 Å². The molecule has 20 heavy (non-hydrogen) atoms. The van der Waals surface area contributed by atoms with Gasteiger partial charge in [0, 0.05) is 29.8 Å². The van der Waals surface area contributed by atoms with Crippen molar-refractivity contribution < 1.29 is 9.32 Å². The number of rotatable bonds is 1. The van der Waals surface area contributed by atoms with Crippen LogP contribution in [0.15, 0.2) is 40.9 Å². The second-order valence-electron chi connectivity index (χ2n) is 5.23. The smallest absolute Gasteiger partial charge is 0.194 e. The van der Waals surface area contributed by atoms with Gasteiger partial charge >= 0.3 is 0 Å². The predicted octanol–water partition coefficient (Wildman–Crippen LogP) is 2.86. The third kappa shape index (κ3) is 1.12. The molecule has 4 heteroatoms. The van der Waals surface area contributed by atoms with Crippen LogP contribution in [0.2, 0.25) is 0 Å². The van der Waals surface area contributed by atoms with Crippen molar-refractivity contribution in [2.45, 2.75) is 0 Å². The van der Waals surface area contributed by atoms with Crippen molar-refractivity contribution in [3.05, 3.63) is 47.5 Å². The Labute approximate surface area is 114 Å². The minimum Gasteiger partial charge on any atom is -0.366 e. The number of ketones is 1. The number of carbonyl (C=O) groups excluding carboxylic acids is 1. The Hall–Kier alpha value is -2.62. The molecule has 0 atom stereocenters. The SMILES string of the molecule is O=C1c2ccccc2-c2onc3c(N4CC4)ccc1c23. The molecule has 0 bridgehead atoms. The lowest BCUT2D eigenvalue weighted by Crippen LogP contribution is -2.09. The van der Waals surface area contributed by atoms with E-state index in [1.165, 1.54) is 0 Å². The number of anilines is 1. The second kappa shape index (κ2) is 3.28. The summed E-state index contributed by atoms with van der Waals surface area (Å²) >= 11 is 0. The van der Waals surface area contributed by atoms with Crippen LogP contribution in [0.3, 0.4) is 0 Å². The average Bonchev–Trinajstić information content (AvgIpc) is 3.23. The molecular formula is C16H10N2O2. The van der Waals surface area contributed by atoms with Crippen LogP contribution in [0.1, 0.15) is 15.9 Å². The first-order valence-corrected chi connectivity index (χ1v) is 6.66. The first-order chi connectivity index (χ1) is 9.84. The van der Waals surface area contributed by atoms with Crippen molar-refractivity contribution in [1.82, 2.24) is 5.16 Å². The number of aromatic nitrogens is 1. The molecule has 1 saturated heterocycles. The molecule has 2 aliphatic rings. The van der Waals surface area contributed by atoms with Gasteiger partial charge in [-0.1, -0.05) is 29.4 Å². The van der Waals surface area contributed by atoms with Crippen LogP contribution < -0.4 is 4.90 Å². The molecule has 2 aromatic carbocycles. The van der Waals surface area contributed by atoms with Gasteiger partial charge in [-0.15, -0.1) is 0 Å². The predicted molar refractivity (Wildman–Crippen MR) is 75.1 cm³/mol. The molecule has 5 rings (SSSR count). The Morgan fingerprint density at radius 3 is 2.60 bits per heavy atom. The maximum Gasteiger partial charge on any atom is 0.194 e. The molecule has 1 aromatic heterocycles. The summed E-state index contributed by atoms with van der Waals surface area (Å²) in [7, 11) is 0. The molecule has 1 aliphatic carbocycles. The summed E-state index contributed by atoms with van der Waals surface area (Å²) in [6.07, 6.45) is 0. The molecule has 0 radical (unpaired) electrons. The van der Waals surface area contributed by atoms with Crippen LogP contribution >= 0.6 is 0 Å². The van der Waals surface area contributed by atoms with E-state index in [-0.39, 0.29) is 5.78 Å². The van der Waals surface area contributed by atoms with Gasteiger partial charge in [0.15, 0.2) is 11.5 Å². The van der Waals surface area contributed by atoms with Crippen molar-refractivity contribution >= 4 is 22.4 Å². The summed E-state index contributed by atoms with van der Waals surface area (Å²) in [4.78, 5) is 14.8. The number of hydrogen-bond acceptors (Lipinski definition) is 4. The Balaban J connectivity index is 1.94. The third-order valence-corrected chi connectivity index (χ3v) is 4.06. The Kier molecular flexibility index (Phi) is 1.67. The number of hydrogen-bond donors (Lipinski definition) is 0. The topological polar surface area (TPSA) is 46.1 Å². The van der Waals surface area contributed by atoms with E-state index in [1.54, 1.807) is 0 Å². The minimum atomic E-state index is 0.0543. The van der Waals surface area contributed by atoms with Crippen molar-refractivity contribution in [3.8, 4) is 11.3 Å². The normalized spacial score (nSPS) is 15.6. The Bertz CT molecular complexity index is 891. The molecule has 4 nitrogen and oxygen atoms in total. The third-order valence-electron chi connectivity index (χ3n) is 4.06. The van der Waals surface area contributed by atoms with E-state index >= 15 is 0 Å². The Morgan fingerprint density at radius 2 is 1.80 bits per heavy atom. The highest BCUT2D eigenvalue weighted by atomic mass is 16.5. The highest BCUT2D eigenvalue weighted by molar-refractivity contribution is 6.25. The summed E-state index contributed by atoms with van der Waals surface area (Å²) in [5, 5.41) is 5.08. The van der Waals surface area contributed by atoms with Crippen LogP contribution in [0, 0.1) is 0 Å². The summed E-state index contributed by atoms with van der Waals surface area (Å²) in [6.45, 7) is 2.09. The summed E-state index contributed by atoms with van der Waals surface area (Å²) in [5.41, 5.74) is 4.09. The quantitative estimate of drug-likeness (QED) is 0.495. The zero-order valence-corrected chi connectivity index (χ0v) is 10.6. The molecule has 2 heterocycles. The van der Waals surface area contributed by atoms with E-state index in [9.17, 15) is 4.79 Å². The number of carbonyl (C=O) groups is 1. The summed E-state index contributed by atoms with van der Waals surface area (Å²) in [6, 6.07) is 11.4. The first kappa shape index (κ1) is 10.2. The molecule has 0 spiro atoms. The van der Waals surface area contributed by atoms with Crippen molar-refractivity contribution in [2.75, 3.05) is 18.0 Å². The first-order valence-electron chi connectivity index (χ1n) is 6.66. The van der Waals surface area contributed by atoms with E-state index in [2.05, 4.69) is 10.1 Å². The molecule has 3 aromatic rings. The van der Waals surface area contributed by atoms with E-state index in [0.29, 0.717) is 16.9 Å². The molecule has 96 valence electrons. The second-order valence-corrected chi connectivity index (χ2v) is 5.23. The zero-order valence-electron chi connectivity index (χ0n) is 10.6. The Morgan fingerprint density at radius 1 is 1.00 bits per heavy atom. The van der Waals surface area contributed by atoms with Gasteiger partial charge in [-0.05, 0) is 12.1 Å². The van der Waals surface area contributed by atoms with Crippen LogP contribution in [-0.4, -0.2) is 24.0 Å². The van der Waals surface area contributed by atoms with E-state index in [1.807, 2.05) is 36.4 Å². The number of benzene rings is 2. The van der Waals surface area contributed by atoms with Gasteiger partial charge in [-0.2, -0.15) is 0 Å². The van der Waals surface area contributed by atoms with Crippen molar-refractivity contribution in [3.63, 3.8) is 0 Å². The van der Waals surface area contributed by atoms with Gasteiger partial charge in [0.25, 0.3) is 0 Å². The lowest BCUT2D eigenvalue weighted by molar-refractivity contribution is 0.104. The number of nitrogens with zero attached hydrogens (tertiary/aromatic N) is 2. The van der Waals surface area contributed by atoms with Crippen molar-refractivity contribution in [1.29, 1.82) is 0 Å². The van der Waals surface area contributed by atoms with Crippen LogP contribution in [0.4, 0.5) is 5.69 Å². The molecule has 0 amide bonds. The number of fused-ring (bicyclic) bond motifs is 2. The van der Waals surface area contributed by atoms with E-state index in [4.69, 9.17) is 4.52 Å². The maximum atomic E-state index is 12.6. The van der Waals surface area contributed by atoms with Gasteiger partial charge < -0.3 is 9.42 Å². The fraction of sp³-hybridized carbons (Fsp3) is 0.125. The van der Waals surface area contributed by atoms with Gasteiger partial charge in [0.2, 0.25) is 0 Å². The molecule has 0 unspecified atom stereocenters. The monoisotopic (exact) mass is 262 g/mol. The highest BCUT2D eigenvalue weighted by Crippen LogP contribution is 2.43. The fourth-order valence-electron chi connectivity index (χ4n) is 2.98. The van der Waals surface area contributed by atoms with Gasteiger partial charge in [0.1, 0.15) is 5.52 Å². The van der Waals surface area contributed by atoms with Gasteiger partial charge in [0.05, 0.1) is 11.1 Å². The standard InChI is InChI=1S/C16H10N2O2/c19-15-9-3-1-2-4-10(9)16-13-11(15)5-6-12(18-7-8-18)14(13)17-20-16/h1-6H,7-8H2. The van der Waals surface area contributed by atoms with Crippen molar-refractivity contribution in [2.24, 2.45) is 0 Å². The van der Waals surface area contributed by atoms with Crippen LogP contribution in [0.5, 0.6) is 0 Å². The van der Waals surface area contributed by atoms with Gasteiger partial charge in [-0.3, -0.25) is 4.79 Å². The zero-order chi connectivity index (χ0) is 13.3. The molecule has 0 N–H and O–H groups in total. The lowest BCUT2D eigenvalue weighted by Gasteiger charge is -2.14. The molecule has 1 aliphatic heterocycles. The summed E-state index contributed by atoms with van der Waals surface area (Å²) < 4.78 is 5.56. The molecule has 1 fully saturated rings. The summed E-state index contributed by atoms with van der Waals surface area (Å²) in [5.74, 6) is 0.771. The molecule has 0 saturated carbocycles. The van der Waals surface area contributed by atoms with Crippen LogP contribution in [0.25, 0.3) is 22.2 Å².